The lowest BCUT2D eigenvalue weighted by Crippen LogP contribution is -2.02. The molecule has 0 aliphatic carbocycles. The summed E-state index contributed by atoms with van der Waals surface area (Å²) < 4.78 is 62.4. The maximum atomic E-state index is 11.2. The number of phenolic OH excluding ortho intramolecular Hbond substituents is 1. The fourth-order valence-corrected chi connectivity index (χ4v) is 2.91. The second-order valence-electron chi connectivity index (χ2n) is 3.74. The summed E-state index contributed by atoms with van der Waals surface area (Å²) in [7, 11) is -9.21. The Morgan fingerprint density at radius 3 is 2.00 bits per heavy atom. The van der Waals surface area contributed by atoms with Crippen molar-refractivity contribution >= 4 is 31.0 Å². The molecule has 3 N–H and O–H groups in total. The second kappa shape index (κ2) is 4.17. The topological polar surface area (TPSA) is 129 Å². The van der Waals surface area contributed by atoms with E-state index in [9.17, 15) is 21.9 Å². The van der Waals surface area contributed by atoms with E-state index < -0.39 is 35.8 Å². The van der Waals surface area contributed by atoms with Gasteiger partial charge in [0.15, 0.2) is 0 Å². The minimum absolute atomic E-state index is 0.0301. The smallest absolute Gasteiger partial charge is 0.295 e. The quantitative estimate of drug-likeness (QED) is 0.707. The molecule has 0 bridgehead atoms. The van der Waals surface area contributed by atoms with E-state index in [0.29, 0.717) is 0 Å². The van der Waals surface area contributed by atoms with Gasteiger partial charge in [-0.15, -0.1) is 0 Å². The molecule has 2 rings (SSSR count). The molecular formula is C10H8O7S2. The molecule has 19 heavy (non-hydrogen) atoms. The molecule has 2 aromatic carbocycles. The van der Waals surface area contributed by atoms with Gasteiger partial charge in [-0.3, -0.25) is 9.11 Å². The van der Waals surface area contributed by atoms with E-state index in [-0.39, 0.29) is 10.8 Å². The van der Waals surface area contributed by atoms with Gasteiger partial charge in [0.1, 0.15) is 10.6 Å². The molecule has 0 saturated heterocycles. The standard InChI is InChI=1S/C10H8O7S2/c11-9-5-6(18(12,13)14)4-8-7(9)2-1-3-10(8)19(15,16)17/h1-5,11H,(H,12,13,14)(H,15,16,17). The van der Waals surface area contributed by atoms with Crippen molar-refractivity contribution in [2.24, 2.45) is 0 Å². The van der Waals surface area contributed by atoms with Crippen LogP contribution in [-0.2, 0) is 20.2 Å². The Labute approximate surface area is 108 Å². The lowest BCUT2D eigenvalue weighted by Gasteiger charge is -2.07. The Morgan fingerprint density at radius 2 is 1.47 bits per heavy atom. The van der Waals surface area contributed by atoms with Crippen LogP contribution in [0.2, 0.25) is 0 Å². The maximum Gasteiger partial charge on any atom is 0.295 e. The van der Waals surface area contributed by atoms with Crippen LogP contribution in [0.4, 0.5) is 0 Å². The molecule has 9 heteroatoms. The Morgan fingerprint density at radius 1 is 0.842 bits per heavy atom. The first kappa shape index (κ1) is 13.7. The molecule has 0 atom stereocenters. The highest BCUT2D eigenvalue weighted by Gasteiger charge is 2.19. The highest BCUT2D eigenvalue weighted by molar-refractivity contribution is 7.86. The molecule has 0 aliphatic rings. The van der Waals surface area contributed by atoms with Gasteiger partial charge in [0, 0.05) is 16.8 Å². The number of rotatable bonds is 2. The lowest BCUT2D eigenvalue weighted by atomic mass is 10.1. The molecule has 2 aromatic rings. The normalized spacial score (nSPS) is 12.7. The van der Waals surface area contributed by atoms with Gasteiger partial charge in [-0.1, -0.05) is 12.1 Å². The van der Waals surface area contributed by atoms with E-state index in [4.69, 9.17) is 9.11 Å². The van der Waals surface area contributed by atoms with Crippen LogP contribution in [0.15, 0.2) is 40.1 Å². The van der Waals surface area contributed by atoms with Crippen LogP contribution in [0.25, 0.3) is 10.8 Å². The number of hydrogen-bond acceptors (Lipinski definition) is 5. The van der Waals surface area contributed by atoms with Crippen molar-refractivity contribution in [1.29, 1.82) is 0 Å². The van der Waals surface area contributed by atoms with E-state index in [1.54, 1.807) is 0 Å². The van der Waals surface area contributed by atoms with Gasteiger partial charge in [0.25, 0.3) is 20.2 Å². The minimum atomic E-state index is -4.62. The summed E-state index contributed by atoms with van der Waals surface area (Å²) in [4.78, 5) is -1.24. The minimum Gasteiger partial charge on any atom is -0.507 e. The molecule has 0 aromatic heterocycles. The summed E-state index contributed by atoms with van der Waals surface area (Å²) in [5.74, 6) is -0.532. The first-order valence-corrected chi connectivity index (χ1v) is 7.69. The van der Waals surface area contributed by atoms with Gasteiger partial charge in [-0.2, -0.15) is 16.8 Å². The van der Waals surface area contributed by atoms with E-state index in [1.165, 1.54) is 12.1 Å². The fourth-order valence-electron chi connectivity index (χ4n) is 1.69. The first-order chi connectivity index (χ1) is 8.60. The van der Waals surface area contributed by atoms with Crippen molar-refractivity contribution in [3.8, 4) is 5.75 Å². The van der Waals surface area contributed by atoms with E-state index in [0.717, 1.165) is 18.2 Å². The molecule has 0 heterocycles. The summed E-state index contributed by atoms with van der Waals surface area (Å²) >= 11 is 0. The van der Waals surface area contributed by atoms with Gasteiger partial charge >= 0.3 is 0 Å². The molecule has 0 aliphatic heterocycles. The Hall–Kier alpha value is -1.68. The average Bonchev–Trinajstić information content (AvgIpc) is 2.25. The molecule has 0 saturated carbocycles. The zero-order chi connectivity index (χ0) is 14.4. The summed E-state index contributed by atoms with van der Waals surface area (Å²) in [5, 5.41) is 9.47. The first-order valence-electron chi connectivity index (χ1n) is 4.81. The molecule has 0 spiro atoms. The van der Waals surface area contributed by atoms with Gasteiger partial charge < -0.3 is 5.11 Å². The van der Waals surface area contributed by atoms with Crippen molar-refractivity contribution in [3.63, 3.8) is 0 Å². The van der Waals surface area contributed by atoms with Gasteiger partial charge in [0.05, 0.1) is 4.90 Å². The molecule has 0 fully saturated rings. The number of fused-ring (bicyclic) bond motifs is 1. The molecule has 102 valence electrons. The van der Waals surface area contributed by atoms with Crippen LogP contribution >= 0.6 is 0 Å². The van der Waals surface area contributed by atoms with Crippen LogP contribution in [0.1, 0.15) is 0 Å². The second-order valence-corrected chi connectivity index (χ2v) is 6.56. The number of phenols is 1. The summed E-state index contributed by atoms with van der Waals surface area (Å²) in [5.41, 5.74) is 0. The predicted octanol–water partition coefficient (Wildman–Crippen LogP) is 1.04. The highest BCUT2D eigenvalue weighted by atomic mass is 32.2. The third kappa shape index (κ3) is 2.54. The third-order valence-electron chi connectivity index (χ3n) is 2.48. The van der Waals surface area contributed by atoms with E-state index in [1.807, 2.05) is 0 Å². The van der Waals surface area contributed by atoms with Crippen molar-refractivity contribution in [1.82, 2.24) is 0 Å². The van der Waals surface area contributed by atoms with Crippen LogP contribution in [0, 0.1) is 0 Å². The zero-order valence-electron chi connectivity index (χ0n) is 9.18. The van der Waals surface area contributed by atoms with Crippen molar-refractivity contribution in [2.45, 2.75) is 9.79 Å². The molecule has 0 amide bonds. The SMILES string of the molecule is O=S(=O)(O)c1cc(O)c2cccc(S(=O)(=O)O)c2c1. The van der Waals surface area contributed by atoms with Gasteiger partial charge in [-0.25, -0.2) is 0 Å². The monoisotopic (exact) mass is 304 g/mol. The van der Waals surface area contributed by atoms with Crippen LogP contribution in [0.5, 0.6) is 5.75 Å². The third-order valence-corrected chi connectivity index (χ3v) is 4.23. The van der Waals surface area contributed by atoms with Crippen molar-refractivity contribution in [2.75, 3.05) is 0 Å². The Balaban J connectivity index is 3.01. The van der Waals surface area contributed by atoms with Crippen molar-refractivity contribution in [3.05, 3.63) is 30.3 Å². The number of aromatic hydroxyl groups is 1. The Bertz CT molecular complexity index is 866. The fraction of sp³-hybridized carbons (Fsp3) is 0. The molecule has 7 nitrogen and oxygen atoms in total. The Kier molecular flexibility index (Phi) is 3.01. The molecular weight excluding hydrogens is 296 g/mol. The maximum absolute atomic E-state index is 11.2. The zero-order valence-corrected chi connectivity index (χ0v) is 10.8. The van der Waals surface area contributed by atoms with Crippen molar-refractivity contribution < 1.29 is 31.0 Å². The summed E-state index contributed by atoms with van der Waals surface area (Å²) in [6, 6.07) is 5.30. The van der Waals surface area contributed by atoms with E-state index in [2.05, 4.69) is 0 Å². The largest absolute Gasteiger partial charge is 0.507 e. The predicted molar refractivity (Wildman–Crippen MR) is 65.2 cm³/mol. The van der Waals surface area contributed by atoms with Crippen LogP contribution in [-0.4, -0.2) is 31.0 Å². The van der Waals surface area contributed by atoms with Gasteiger partial charge in [0.2, 0.25) is 0 Å². The summed E-state index contributed by atoms with van der Waals surface area (Å²) in [6.45, 7) is 0. The summed E-state index contributed by atoms with van der Waals surface area (Å²) in [6.07, 6.45) is 0. The van der Waals surface area contributed by atoms with Gasteiger partial charge in [-0.05, 0) is 12.1 Å². The van der Waals surface area contributed by atoms with E-state index >= 15 is 0 Å². The molecule has 0 radical (unpaired) electrons. The highest BCUT2D eigenvalue weighted by Crippen LogP contribution is 2.32. The number of benzene rings is 2. The number of hydrogen-bond donors (Lipinski definition) is 3. The average molecular weight is 304 g/mol. The lowest BCUT2D eigenvalue weighted by molar-refractivity contribution is 0.470. The molecule has 0 unspecified atom stereocenters. The van der Waals surface area contributed by atoms with Crippen LogP contribution < -0.4 is 0 Å². The van der Waals surface area contributed by atoms with Crippen LogP contribution in [0.3, 0.4) is 0 Å².